The van der Waals surface area contributed by atoms with Crippen LogP contribution in [-0.4, -0.2) is 56.6 Å². The Morgan fingerprint density at radius 1 is 1.47 bits per heavy atom. The molecule has 2 aliphatic rings. The Labute approximate surface area is 114 Å². The normalized spacial score (nSPS) is 23.8. The van der Waals surface area contributed by atoms with E-state index in [4.69, 9.17) is 21.6 Å². The molecule has 5 nitrogen and oxygen atoms in total. The molecule has 0 bridgehead atoms. The highest BCUT2D eigenvalue weighted by Gasteiger charge is 2.30. The number of nitrogens with two attached hydrogens (primary N) is 1. The minimum Gasteiger partial charge on any atom is -0.480 e. The Balaban J connectivity index is 1.84. The molecule has 0 radical (unpaired) electrons. The predicted molar refractivity (Wildman–Crippen MR) is 74.7 cm³/mol. The SMILES string of the molecule is C#C/C(OC1CCN(C2COC2)CC1)=C(/N)C=NC. The molecule has 2 heterocycles. The molecular weight excluding hydrogens is 242 g/mol. The van der Waals surface area contributed by atoms with Gasteiger partial charge in [0.1, 0.15) is 11.8 Å². The third-order valence-electron chi connectivity index (χ3n) is 3.56. The average molecular weight is 263 g/mol. The monoisotopic (exact) mass is 263 g/mol. The molecule has 2 saturated heterocycles. The highest BCUT2D eigenvalue weighted by Crippen LogP contribution is 2.21. The van der Waals surface area contributed by atoms with Crippen LogP contribution in [0.2, 0.25) is 0 Å². The van der Waals surface area contributed by atoms with E-state index in [-0.39, 0.29) is 6.10 Å². The molecule has 0 aromatic rings. The van der Waals surface area contributed by atoms with Crippen molar-refractivity contribution in [2.45, 2.75) is 25.0 Å². The minimum absolute atomic E-state index is 0.145. The summed E-state index contributed by atoms with van der Waals surface area (Å²) >= 11 is 0. The molecule has 0 aromatic heterocycles. The van der Waals surface area contributed by atoms with Crippen LogP contribution in [0.25, 0.3) is 0 Å². The quantitative estimate of drug-likeness (QED) is 0.452. The van der Waals surface area contributed by atoms with Crippen LogP contribution in [0.4, 0.5) is 0 Å². The van der Waals surface area contributed by atoms with Gasteiger partial charge >= 0.3 is 0 Å². The third kappa shape index (κ3) is 3.49. The van der Waals surface area contributed by atoms with E-state index in [2.05, 4.69) is 15.8 Å². The van der Waals surface area contributed by atoms with E-state index >= 15 is 0 Å². The Morgan fingerprint density at radius 2 is 2.16 bits per heavy atom. The molecular formula is C14H21N3O2. The number of terminal acetylenes is 1. The van der Waals surface area contributed by atoms with Crippen molar-refractivity contribution in [1.82, 2.24) is 4.90 Å². The van der Waals surface area contributed by atoms with Crippen LogP contribution >= 0.6 is 0 Å². The molecule has 0 aliphatic carbocycles. The number of hydrogen-bond acceptors (Lipinski definition) is 5. The average Bonchev–Trinajstić information content (AvgIpc) is 2.36. The van der Waals surface area contributed by atoms with Gasteiger partial charge in [0.2, 0.25) is 0 Å². The van der Waals surface area contributed by atoms with Crippen LogP contribution < -0.4 is 5.73 Å². The van der Waals surface area contributed by atoms with Gasteiger partial charge in [0.05, 0.1) is 19.3 Å². The molecule has 0 amide bonds. The fourth-order valence-electron chi connectivity index (χ4n) is 2.34. The maximum Gasteiger partial charge on any atom is 0.194 e. The molecule has 0 unspecified atom stereocenters. The van der Waals surface area contributed by atoms with Gasteiger partial charge in [0.15, 0.2) is 5.76 Å². The lowest BCUT2D eigenvalue weighted by Crippen LogP contribution is -2.52. The van der Waals surface area contributed by atoms with Crippen LogP contribution in [0.3, 0.4) is 0 Å². The molecule has 19 heavy (non-hydrogen) atoms. The van der Waals surface area contributed by atoms with Gasteiger partial charge in [-0.25, -0.2) is 0 Å². The Kier molecular flexibility index (Phi) is 4.83. The predicted octanol–water partition coefficient (Wildman–Crippen LogP) is 0.370. The lowest BCUT2D eigenvalue weighted by molar-refractivity contribution is -0.0812. The van der Waals surface area contributed by atoms with Crippen molar-refractivity contribution in [2.75, 3.05) is 33.4 Å². The number of rotatable bonds is 4. The van der Waals surface area contributed by atoms with Gasteiger partial charge in [-0.15, -0.1) is 6.42 Å². The van der Waals surface area contributed by atoms with Crippen LogP contribution in [0.5, 0.6) is 0 Å². The minimum atomic E-state index is 0.145. The van der Waals surface area contributed by atoms with Crippen molar-refractivity contribution < 1.29 is 9.47 Å². The second-order valence-electron chi connectivity index (χ2n) is 4.86. The summed E-state index contributed by atoms with van der Waals surface area (Å²) in [5.74, 6) is 2.90. The molecule has 2 aliphatic heterocycles. The first-order valence-electron chi connectivity index (χ1n) is 6.61. The van der Waals surface area contributed by atoms with E-state index in [1.165, 1.54) is 6.21 Å². The van der Waals surface area contributed by atoms with Crippen molar-refractivity contribution in [1.29, 1.82) is 0 Å². The Bertz CT molecular complexity index is 399. The summed E-state index contributed by atoms with van der Waals surface area (Å²) in [4.78, 5) is 6.30. The fraction of sp³-hybridized carbons (Fsp3) is 0.643. The van der Waals surface area contributed by atoms with Crippen LogP contribution in [0.1, 0.15) is 12.8 Å². The van der Waals surface area contributed by atoms with Gasteiger partial charge in [-0.3, -0.25) is 9.89 Å². The standard InChI is InChI=1S/C14H21N3O2/c1-3-14(13(15)8-16-2)19-12-4-6-17(7-5-12)11-9-18-10-11/h1,8,11-12H,4-7,9-10,15H2,2H3/b14-13-,16-8?. The summed E-state index contributed by atoms with van der Waals surface area (Å²) in [5.41, 5.74) is 6.21. The fourth-order valence-corrected chi connectivity index (χ4v) is 2.34. The smallest absolute Gasteiger partial charge is 0.194 e. The van der Waals surface area contributed by atoms with E-state index in [1.807, 2.05) is 0 Å². The Hall–Kier alpha value is -1.51. The van der Waals surface area contributed by atoms with Crippen molar-refractivity contribution >= 4 is 6.21 Å². The van der Waals surface area contributed by atoms with E-state index in [0.29, 0.717) is 17.5 Å². The lowest BCUT2D eigenvalue weighted by Gasteiger charge is -2.41. The number of piperidine rings is 1. The van der Waals surface area contributed by atoms with E-state index in [1.54, 1.807) is 7.05 Å². The molecule has 104 valence electrons. The zero-order valence-corrected chi connectivity index (χ0v) is 11.3. The number of aliphatic imine (C=N–C) groups is 1. The van der Waals surface area contributed by atoms with Gasteiger partial charge in [-0.1, -0.05) is 0 Å². The third-order valence-corrected chi connectivity index (χ3v) is 3.56. The van der Waals surface area contributed by atoms with Crippen LogP contribution in [0, 0.1) is 12.3 Å². The summed E-state index contributed by atoms with van der Waals surface area (Å²) in [5, 5.41) is 0. The van der Waals surface area contributed by atoms with Gasteiger partial charge in [0.25, 0.3) is 0 Å². The second-order valence-corrected chi connectivity index (χ2v) is 4.86. The van der Waals surface area contributed by atoms with Crippen molar-refractivity contribution in [3.05, 3.63) is 11.5 Å². The number of hydrogen-bond donors (Lipinski definition) is 1. The number of likely N-dealkylation sites (tertiary alicyclic amines) is 1. The first-order chi connectivity index (χ1) is 9.24. The number of allylic oxidation sites excluding steroid dienone is 2. The maximum absolute atomic E-state index is 5.80. The topological polar surface area (TPSA) is 60.1 Å². The molecule has 5 heteroatoms. The summed E-state index contributed by atoms with van der Waals surface area (Å²) in [7, 11) is 1.65. The highest BCUT2D eigenvalue weighted by molar-refractivity contribution is 5.78. The van der Waals surface area contributed by atoms with Crippen molar-refractivity contribution in [2.24, 2.45) is 10.7 Å². The van der Waals surface area contributed by atoms with Crippen molar-refractivity contribution in [3.63, 3.8) is 0 Å². The zero-order valence-electron chi connectivity index (χ0n) is 11.3. The van der Waals surface area contributed by atoms with Gasteiger partial charge in [-0.2, -0.15) is 0 Å². The molecule has 0 saturated carbocycles. The van der Waals surface area contributed by atoms with E-state index < -0.39 is 0 Å². The van der Waals surface area contributed by atoms with Gasteiger partial charge in [-0.05, 0) is 18.8 Å². The molecule has 2 rings (SSSR count). The largest absolute Gasteiger partial charge is 0.480 e. The van der Waals surface area contributed by atoms with Crippen molar-refractivity contribution in [3.8, 4) is 12.3 Å². The Morgan fingerprint density at radius 3 is 2.63 bits per heavy atom. The maximum atomic E-state index is 5.80. The number of nitrogens with zero attached hydrogens (tertiary/aromatic N) is 2. The highest BCUT2D eigenvalue weighted by atomic mass is 16.5. The van der Waals surface area contributed by atoms with Gasteiger partial charge in [0, 0.05) is 26.4 Å². The van der Waals surface area contributed by atoms with E-state index in [9.17, 15) is 0 Å². The first-order valence-corrected chi connectivity index (χ1v) is 6.61. The zero-order chi connectivity index (χ0) is 13.7. The van der Waals surface area contributed by atoms with Crippen LogP contribution in [-0.2, 0) is 9.47 Å². The summed E-state index contributed by atoms with van der Waals surface area (Å²) in [6, 6.07) is 0.598. The lowest BCUT2D eigenvalue weighted by atomic mass is 10.0. The molecule has 2 fully saturated rings. The molecule has 0 aromatic carbocycles. The number of ether oxygens (including phenoxy) is 2. The summed E-state index contributed by atoms with van der Waals surface area (Å²) in [6.07, 6.45) is 9.04. The second kappa shape index (κ2) is 6.60. The summed E-state index contributed by atoms with van der Waals surface area (Å²) < 4.78 is 11.0. The molecule has 0 spiro atoms. The molecule has 0 atom stereocenters. The van der Waals surface area contributed by atoms with Gasteiger partial charge < -0.3 is 15.2 Å². The van der Waals surface area contributed by atoms with Crippen LogP contribution in [0.15, 0.2) is 16.4 Å². The molecule has 2 N–H and O–H groups in total. The van der Waals surface area contributed by atoms with E-state index in [0.717, 1.165) is 39.1 Å². The first kappa shape index (κ1) is 13.9. The summed E-state index contributed by atoms with van der Waals surface area (Å²) in [6.45, 7) is 3.78.